The highest BCUT2D eigenvalue weighted by Crippen LogP contribution is 2.40. The molecule has 0 spiro atoms. The lowest BCUT2D eigenvalue weighted by molar-refractivity contribution is -0.132. The number of ether oxygens (including phenoxy) is 3. The Hall–Kier alpha value is -1.14. The first-order valence-corrected chi connectivity index (χ1v) is 8.84. The van der Waals surface area contributed by atoms with Crippen molar-refractivity contribution in [3.05, 3.63) is 0 Å². The Bertz CT molecular complexity index is 441. The lowest BCUT2D eigenvalue weighted by Crippen LogP contribution is -2.49. The van der Waals surface area contributed by atoms with Gasteiger partial charge < -0.3 is 19.1 Å². The monoisotopic (exact) mass is 341 g/mol. The quantitative estimate of drug-likeness (QED) is 0.695. The standard InChI is InChI=1S/C18H31NO5/c1-18(2,3)24-17(21)19-13-6-7-14(19)11-12(10-13)15(20)8-9-16(22-4)23-5/h12-14,16H,6-11H2,1-5H3. The highest BCUT2D eigenvalue weighted by molar-refractivity contribution is 5.81. The summed E-state index contributed by atoms with van der Waals surface area (Å²) in [5.41, 5.74) is -0.488. The fourth-order valence-electron chi connectivity index (χ4n) is 3.85. The second-order valence-corrected chi connectivity index (χ2v) is 7.85. The Kier molecular flexibility index (Phi) is 6.26. The summed E-state index contributed by atoms with van der Waals surface area (Å²) in [7, 11) is 3.16. The van der Waals surface area contributed by atoms with E-state index >= 15 is 0 Å². The first kappa shape index (κ1) is 19.2. The minimum absolute atomic E-state index is 0.0375. The van der Waals surface area contributed by atoms with Crippen molar-refractivity contribution in [2.45, 2.75) is 83.3 Å². The zero-order chi connectivity index (χ0) is 17.9. The number of hydrogen-bond donors (Lipinski definition) is 0. The van der Waals surface area contributed by atoms with Gasteiger partial charge >= 0.3 is 6.09 Å². The molecule has 2 rings (SSSR count). The van der Waals surface area contributed by atoms with Crippen molar-refractivity contribution < 1.29 is 23.8 Å². The van der Waals surface area contributed by atoms with Crippen molar-refractivity contribution >= 4 is 11.9 Å². The second kappa shape index (κ2) is 7.83. The molecule has 1 amide bonds. The highest BCUT2D eigenvalue weighted by Gasteiger charge is 2.46. The molecule has 2 aliphatic heterocycles. The summed E-state index contributed by atoms with van der Waals surface area (Å²) in [6.07, 6.45) is 3.90. The SMILES string of the molecule is COC(CCC(=O)C1CC2CCC(C1)N2C(=O)OC(C)(C)C)OC. The summed E-state index contributed by atoms with van der Waals surface area (Å²) in [5.74, 6) is 0.297. The van der Waals surface area contributed by atoms with E-state index in [1.807, 2.05) is 25.7 Å². The topological polar surface area (TPSA) is 65.1 Å². The molecule has 0 aromatic carbocycles. The summed E-state index contributed by atoms with van der Waals surface area (Å²) in [6.45, 7) is 5.64. The number of amides is 1. The van der Waals surface area contributed by atoms with Gasteiger partial charge in [-0.25, -0.2) is 4.79 Å². The van der Waals surface area contributed by atoms with Crippen LogP contribution in [0.25, 0.3) is 0 Å². The number of carbonyl (C=O) groups is 2. The van der Waals surface area contributed by atoms with Crippen molar-refractivity contribution in [1.29, 1.82) is 0 Å². The molecule has 24 heavy (non-hydrogen) atoms. The molecule has 2 saturated heterocycles. The zero-order valence-electron chi connectivity index (χ0n) is 15.5. The number of Topliss-reactive ketones (excluding diaryl/α,β-unsaturated/α-hetero) is 1. The van der Waals surface area contributed by atoms with E-state index in [1.54, 1.807) is 14.2 Å². The molecule has 2 atom stereocenters. The van der Waals surface area contributed by atoms with Gasteiger partial charge in [-0.3, -0.25) is 4.79 Å². The number of carbonyl (C=O) groups excluding carboxylic acids is 2. The van der Waals surface area contributed by atoms with E-state index in [9.17, 15) is 9.59 Å². The summed E-state index contributed by atoms with van der Waals surface area (Å²) in [6, 6.07) is 0.265. The molecule has 138 valence electrons. The molecule has 2 bridgehead atoms. The Balaban J connectivity index is 1.90. The van der Waals surface area contributed by atoms with Crippen LogP contribution in [-0.4, -0.2) is 55.0 Å². The van der Waals surface area contributed by atoms with Crippen LogP contribution in [-0.2, 0) is 19.0 Å². The Labute approximate surface area is 144 Å². The normalized spacial score (nSPS) is 26.8. The van der Waals surface area contributed by atoms with Crippen LogP contribution in [0.4, 0.5) is 4.79 Å². The molecule has 2 fully saturated rings. The van der Waals surface area contributed by atoms with Crippen LogP contribution in [0, 0.1) is 5.92 Å². The van der Waals surface area contributed by atoms with Gasteiger partial charge in [-0.05, 0) is 46.5 Å². The molecule has 0 aliphatic carbocycles. The minimum Gasteiger partial charge on any atom is -0.444 e. The average molecular weight is 341 g/mol. The molecule has 2 unspecified atom stereocenters. The predicted molar refractivity (Wildman–Crippen MR) is 89.7 cm³/mol. The van der Waals surface area contributed by atoms with Crippen molar-refractivity contribution in [1.82, 2.24) is 4.90 Å². The fourth-order valence-corrected chi connectivity index (χ4v) is 3.85. The number of hydrogen-bond acceptors (Lipinski definition) is 5. The molecule has 2 aliphatic rings. The van der Waals surface area contributed by atoms with Gasteiger partial charge in [0.25, 0.3) is 0 Å². The molecular weight excluding hydrogens is 310 g/mol. The van der Waals surface area contributed by atoms with Gasteiger partial charge in [0.1, 0.15) is 11.4 Å². The van der Waals surface area contributed by atoms with Crippen LogP contribution in [0.5, 0.6) is 0 Å². The predicted octanol–water partition coefficient (Wildman–Crippen LogP) is 3.13. The van der Waals surface area contributed by atoms with Crippen LogP contribution < -0.4 is 0 Å². The third-order valence-corrected chi connectivity index (χ3v) is 4.94. The van der Waals surface area contributed by atoms with Gasteiger partial charge in [0, 0.05) is 45.1 Å². The van der Waals surface area contributed by atoms with Gasteiger partial charge in [-0.15, -0.1) is 0 Å². The Morgan fingerprint density at radius 1 is 1.08 bits per heavy atom. The van der Waals surface area contributed by atoms with E-state index in [2.05, 4.69) is 0 Å². The Morgan fingerprint density at radius 2 is 1.62 bits per heavy atom. The van der Waals surface area contributed by atoms with E-state index in [-0.39, 0.29) is 36.2 Å². The van der Waals surface area contributed by atoms with E-state index in [0.717, 1.165) is 25.7 Å². The lowest BCUT2D eigenvalue weighted by atomic mass is 9.86. The minimum atomic E-state index is -0.488. The number of methoxy groups -OCH3 is 2. The second-order valence-electron chi connectivity index (χ2n) is 7.85. The fraction of sp³-hybridized carbons (Fsp3) is 0.889. The van der Waals surface area contributed by atoms with Gasteiger partial charge in [0.05, 0.1) is 0 Å². The van der Waals surface area contributed by atoms with Crippen molar-refractivity contribution in [2.24, 2.45) is 5.92 Å². The number of fused-ring (bicyclic) bond motifs is 2. The third kappa shape index (κ3) is 4.70. The third-order valence-electron chi connectivity index (χ3n) is 4.94. The highest BCUT2D eigenvalue weighted by atomic mass is 16.7. The van der Waals surface area contributed by atoms with Crippen LogP contribution in [0.2, 0.25) is 0 Å². The molecule has 2 heterocycles. The molecule has 0 saturated carbocycles. The molecule has 6 heteroatoms. The average Bonchev–Trinajstić information content (AvgIpc) is 2.77. The molecule has 0 N–H and O–H groups in total. The summed E-state index contributed by atoms with van der Waals surface area (Å²) in [4.78, 5) is 26.8. The van der Waals surface area contributed by atoms with Crippen molar-refractivity contribution in [2.75, 3.05) is 14.2 Å². The molecule has 0 aromatic heterocycles. The number of ketones is 1. The molecular formula is C18H31NO5. The van der Waals surface area contributed by atoms with Crippen LogP contribution in [0.3, 0.4) is 0 Å². The number of piperidine rings is 1. The maximum absolute atomic E-state index is 12.5. The van der Waals surface area contributed by atoms with Gasteiger partial charge in [-0.2, -0.15) is 0 Å². The largest absolute Gasteiger partial charge is 0.444 e. The maximum atomic E-state index is 12.5. The summed E-state index contributed by atoms with van der Waals surface area (Å²) >= 11 is 0. The van der Waals surface area contributed by atoms with E-state index in [0.29, 0.717) is 12.8 Å². The van der Waals surface area contributed by atoms with E-state index in [4.69, 9.17) is 14.2 Å². The first-order valence-electron chi connectivity index (χ1n) is 8.84. The van der Waals surface area contributed by atoms with Crippen LogP contribution in [0.1, 0.15) is 59.3 Å². The Morgan fingerprint density at radius 3 is 2.08 bits per heavy atom. The summed E-state index contributed by atoms with van der Waals surface area (Å²) in [5, 5.41) is 0. The summed E-state index contributed by atoms with van der Waals surface area (Å²) < 4.78 is 15.8. The van der Waals surface area contributed by atoms with Crippen molar-refractivity contribution in [3.63, 3.8) is 0 Å². The number of rotatable bonds is 6. The lowest BCUT2D eigenvalue weighted by Gasteiger charge is -2.39. The molecule has 0 radical (unpaired) electrons. The van der Waals surface area contributed by atoms with Crippen molar-refractivity contribution in [3.8, 4) is 0 Å². The molecule has 6 nitrogen and oxygen atoms in total. The van der Waals surface area contributed by atoms with Gasteiger partial charge in [-0.1, -0.05) is 0 Å². The zero-order valence-corrected chi connectivity index (χ0v) is 15.5. The van der Waals surface area contributed by atoms with Gasteiger partial charge in [0.2, 0.25) is 0 Å². The van der Waals surface area contributed by atoms with Crippen LogP contribution in [0.15, 0.2) is 0 Å². The van der Waals surface area contributed by atoms with E-state index < -0.39 is 5.60 Å². The maximum Gasteiger partial charge on any atom is 0.410 e. The van der Waals surface area contributed by atoms with E-state index in [1.165, 1.54) is 0 Å². The smallest absolute Gasteiger partial charge is 0.410 e. The first-order chi connectivity index (χ1) is 11.2. The van der Waals surface area contributed by atoms with Gasteiger partial charge in [0.15, 0.2) is 6.29 Å². The van der Waals surface area contributed by atoms with Crippen LogP contribution >= 0.6 is 0 Å². The number of nitrogens with zero attached hydrogens (tertiary/aromatic N) is 1. The molecule has 0 aromatic rings.